The molecule has 0 aliphatic rings. The highest BCUT2D eigenvalue weighted by Crippen LogP contribution is 2.23. The Kier molecular flexibility index (Phi) is 4.64. The fourth-order valence-electron chi connectivity index (χ4n) is 1.61. The second kappa shape index (κ2) is 5.82. The van der Waals surface area contributed by atoms with Gasteiger partial charge in [-0.15, -0.1) is 0 Å². The highest BCUT2D eigenvalue weighted by Gasteiger charge is 2.32. The summed E-state index contributed by atoms with van der Waals surface area (Å²) in [5.74, 6) is -1.89. The minimum atomic E-state index is -1.50. The molecule has 0 heterocycles. The van der Waals surface area contributed by atoms with Crippen molar-refractivity contribution in [3.8, 4) is 0 Å². The van der Waals surface area contributed by atoms with Gasteiger partial charge >= 0.3 is 5.97 Å². The first-order chi connectivity index (χ1) is 8.78. The summed E-state index contributed by atoms with van der Waals surface area (Å²) < 4.78 is 12.5. The van der Waals surface area contributed by atoms with Crippen LogP contribution < -0.4 is 5.32 Å². The molecule has 0 aromatic heterocycles. The second-order valence-electron chi connectivity index (χ2n) is 5.01. The molecule has 0 aliphatic carbocycles. The number of hydrogen-bond acceptors (Lipinski definition) is 2. The lowest BCUT2D eigenvalue weighted by Crippen LogP contribution is -2.49. The van der Waals surface area contributed by atoms with E-state index in [9.17, 15) is 14.0 Å². The summed E-state index contributed by atoms with van der Waals surface area (Å²) in [7, 11) is 0. The van der Waals surface area contributed by atoms with E-state index >= 15 is 0 Å². The molecule has 0 saturated carbocycles. The number of halogens is 1. The predicted octanol–water partition coefficient (Wildman–Crippen LogP) is 1.81. The van der Waals surface area contributed by atoms with Gasteiger partial charge in [0, 0.05) is 0 Å². The molecule has 0 fully saturated rings. The van der Waals surface area contributed by atoms with Crippen LogP contribution >= 0.6 is 0 Å². The number of nitrogens with one attached hydrogen (secondary N) is 1. The third-order valence-electron chi connectivity index (χ3n) is 3.10. The third-order valence-corrected chi connectivity index (χ3v) is 3.10. The van der Waals surface area contributed by atoms with Crippen LogP contribution in [-0.2, 0) is 15.0 Å². The maximum atomic E-state index is 12.5. The van der Waals surface area contributed by atoms with Gasteiger partial charge in [-0.25, -0.2) is 9.18 Å². The second-order valence-corrected chi connectivity index (χ2v) is 5.01. The van der Waals surface area contributed by atoms with Crippen molar-refractivity contribution in [2.75, 3.05) is 6.67 Å². The van der Waals surface area contributed by atoms with Crippen LogP contribution in [0.25, 0.3) is 0 Å². The Morgan fingerprint density at radius 3 is 2.26 bits per heavy atom. The summed E-state index contributed by atoms with van der Waals surface area (Å²) in [6.07, 6.45) is 0. The van der Waals surface area contributed by atoms with Gasteiger partial charge in [-0.05, 0) is 26.3 Å². The number of carboxylic acids is 1. The van der Waals surface area contributed by atoms with Gasteiger partial charge in [0.15, 0.2) is 6.04 Å². The van der Waals surface area contributed by atoms with Gasteiger partial charge in [-0.3, -0.25) is 4.79 Å². The molecule has 0 saturated heterocycles. The van der Waals surface area contributed by atoms with Crippen molar-refractivity contribution in [3.63, 3.8) is 0 Å². The largest absolute Gasteiger partial charge is 0.480 e. The molecule has 19 heavy (non-hydrogen) atoms. The van der Waals surface area contributed by atoms with Gasteiger partial charge in [0.1, 0.15) is 6.67 Å². The molecule has 1 atom stereocenters. The Hall–Kier alpha value is -1.91. The Morgan fingerprint density at radius 1 is 1.32 bits per heavy atom. The SMILES string of the molecule is Cc1ccc(C(C)(C)C(=O)NC(CF)C(=O)O)cc1. The molecular weight excluding hydrogens is 249 g/mol. The van der Waals surface area contributed by atoms with E-state index in [0.29, 0.717) is 0 Å². The number of hydrogen-bond donors (Lipinski definition) is 2. The number of aliphatic carboxylic acids is 1. The van der Waals surface area contributed by atoms with Gasteiger partial charge in [0.2, 0.25) is 5.91 Å². The maximum absolute atomic E-state index is 12.5. The molecule has 1 aromatic rings. The Bertz CT molecular complexity index is 468. The van der Waals surface area contributed by atoms with Crippen LogP contribution in [0, 0.1) is 6.92 Å². The molecule has 4 nitrogen and oxygen atoms in total. The van der Waals surface area contributed by atoms with Crippen LogP contribution in [0.5, 0.6) is 0 Å². The van der Waals surface area contributed by atoms with E-state index in [4.69, 9.17) is 5.11 Å². The zero-order valence-electron chi connectivity index (χ0n) is 11.2. The first-order valence-corrected chi connectivity index (χ1v) is 5.96. The van der Waals surface area contributed by atoms with E-state index in [0.717, 1.165) is 11.1 Å². The standard InChI is InChI=1S/C14H18FNO3/c1-9-4-6-10(7-5-9)14(2,3)13(19)16-11(8-15)12(17)18/h4-7,11H,8H2,1-3H3,(H,16,19)(H,17,18). The summed E-state index contributed by atoms with van der Waals surface area (Å²) in [4.78, 5) is 22.8. The molecule has 5 heteroatoms. The molecule has 1 unspecified atom stereocenters. The number of aryl methyl sites for hydroxylation is 1. The molecule has 0 bridgehead atoms. The van der Waals surface area contributed by atoms with Gasteiger partial charge in [0.05, 0.1) is 5.41 Å². The van der Waals surface area contributed by atoms with Gasteiger partial charge in [-0.1, -0.05) is 29.8 Å². The number of amides is 1. The predicted molar refractivity (Wildman–Crippen MR) is 69.7 cm³/mol. The van der Waals surface area contributed by atoms with Crippen molar-refractivity contribution >= 4 is 11.9 Å². The monoisotopic (exact) mass is 267 g/mol. The Morgan fingerprint density at radius 2 is 1.84 bits per heavy atom. The van der Waals surface area contributed by atoms with Gasteiger partial charge < -0.3 is 10.4 Å². The third kappa shape index (κ3) is 3.53. The molecule has 1 rings (SSSR count). The molecule has 104 valence electrons. The van der Waals surface area contributed by atoms with Crippen molar-refractivity contribution in [3.05, 3.63) is 35.4 Å². The smallest absolute Gasteiger partial charge is 0.328 e. The van der Waals surface area contributed by atoms with E-state index in [1.54, 1.807) is 26.0 Å². The lowest BCUT2D eigenvalue weighted by atomic mass is 9.83. The summed E-state index contributed by atoms with van der Waals surface area (Å²) in [6, 6.07) is 5.85. The Balaban J connectivity index is 2.90. The average molecular weight is 267 g/mol. The number of carboxylic acid groups (broad SMARTS) is 1. The number of benzene rings is 1. The van der Waals surface area contributed by atoms with Gasteiger partial charge in [-0.2, -0.15) is 0 Å². The summed E-state index contributed by atoms with van der Waals surface area (Å²) in [6.45, 7) is 4.14. The molecule has 0 radical (unpaired) electrons. The normalized spacial score (nSPS) is 12.8. The summed E-state index contributed by atoms with van der Waals surface area (Å²) >= 11 is 0. The molecular formula is C14H18FNO3. The number of alkyl halides is 1. The van der Waals surface area contributed by atoms with E-state index in [-0.39, 0.29) is 0 Å². The fraction of sp³-hybridized carbons (Fsp3) is 0.429. The lowest BCUT2D eigenvalue weighted by Gasteiger charge is -2.25. The molecule has 2 N–H and O–H groups in total. The van der Waals surface area contributed by atoms with Crippen LogP contribution in [0.15, 0.2) is 24.3 Å². The minimum Gasteiger partial charge on any atom is -0.480 e. The maximum Gasteiger partial charge on any atom is 0.328 e. The fourth-order valence-corrected chi connectivity index (χ4v) is 1.61. The number of rotatable bonds is 5. The lowest BCUT2D eigenvalue weighted by molar-refractivity contribution is -0.143. The van der Waals surface area contributed by atoms with E-state index < -0.39 is 30.0 Å². The topological polar surface area (TPSA) is 66.4 Å². The molecule has 1 aromatic carbocycles. The van der Waals surface area contributed by atoms with E-state index in [1.807, 2.05) is 19.1 Å². The van der Waals surface area contributed by atoms with E-state index in [2.05, 4.69) is 5.32 Å². The van der Waals surface area contributed by atoms with Crippen molar-refractivity contribution < 1.29 is 19.1 Å². The zero-order chi connectivity index (χ0) is 14.6. The number of carbonyl (C=O) groups excluding carboxylic acids is 1. The van der Waals surface area contributed by atoms with Crippen molar-refractivity contribution in [1.29, 1.82) is 0 Å². The van der Waals surface area contributed by atoms with E-state index in [1.165, 1.54) is 0 Å². The minimum absolute atomic E-state index is 0.513. The van der Waals surface area contributed by atoms with Gasteiger partial charge in [0.25, 0.3) is 0 Å². The van der Waals surface area contributed by atoms with Crippen LogP contribution in [0.4, 0.5) is 4.39 Å². The first-order valence-electron chi connectivity index (χ1n) is 5.96. The highest BCUT2D eigenvalue weighted by atomic mass is 19.1. The van der Waals surface area contributed by atoms with Crippen molar-refractivity contribution in [1.82, 2.24) is 5.32 Å². The summed E-state index contributed by atoms with van der Waals surface area (Å²) in [5, 5.41) is 10.9. The van der Waals surface area contributed by atoms with Crippen LogP contribution in [0.2, 0.25) is 0 Å². The zero-order valence-corrected chi connectivity index (χ0v) is 11.2. The quantitative estimate of drug-likeness (QED) is 0.855. The van der Waals surface area contributed by atoms with Crippen LogP contribution in [0.1, 0.15) is 25.0 Å². The highest BCUT2D eigenvalue weighted by molar-refractivity contribution is 5.90. The van der Waals surface area contributed by atoms with Crippen LogP contribution in [-0.4, -0.2) is 29.7 Å². The molecule has 1 amide bonds. The average Bonchev–Trinajstić information content (AvgIpc) is 2.35. The summed E-state index contributed by atoms with van der Waals surface area (Å²) in [5.41, 5.74) is 0.891. The van der Waals surface area contributed by atoms with Crippen molar-refractivity contribution in [2.45, 2.75) is 32.2 Å². The molecule has 0 spiro atoms. The first kappa shape index (κ1) is 15.1. The Labute approximate surface area is 111 Å². The molecule has 0 aliphatic heterocycles. The van der Waals surface area contributed by atoms with Crippen molar-refractivity contribution in [2.24, 2.45) is 0 Å². The number of carbonyl (C=O) groups is 2. The van der Waals surface area contributed by atoms with Crippen LogP contribution in [0.3, 0.4) is 0 Å².